The van der Waals surface area contributed by atoms with Crippen LogP contribution < -0.4 is 26.6 Å². The van der Waals surface area contributed by atoms with Gasteiger partial charge in [-0.1, -0.05) is 26.0 Å². The van der Waals surface area contributed by atoms with Gasteiger partial charge in [-0.25, -0.2) is 4.79 Å². The Morgan fingerprint density at radius 2 is 1.38 bits per heavy atom. The maximum Gasteiger partial charge on any atom is 0.407 e. The molecule has 2 unspecified atom stereocenters. The summed E-state index contributed by atoms with van der Waals surface area (Å²) in [5.74, 6) is -1.77. The number of Topliss-reactive ketones (excluding diaryl/α,β-unsaturated/α-hetero) is 1. The normalized spacial score (nSPS) is 12.8. The second kappa shape index (κ2) is 20.4. The van der Waals surface area contributed by atoms with E-state index in [1.54, 1.807) is 45.0 Å². The predicted molar refractivity (Wildman–Crippen MR) is 181 cm³/mol. The van der Waals surface area contributed by atoms with E-state index in [0.717, 1.165) is 0 Å². The summed E-state index contributed by atoms with van der Waals surface area (Å²) in [5, 5.41) is 13.2. The summed E-state index contributed by atoms with van der Waals surface area (Å²) in [5.41, 5.74) is 0.101. The molecule has 48 heavy (non-hydrogen) atoms. The second-order valence-corrected chi connectivity index (χ2v) is 13.3. The molecule has 14 nitrogen and oxygen atoms in total. The van der Waals surface area contributed by atoms with Crippen molar-refractivity contribution in [2.45, 2.75) is 111 Å². The maximum absolute atomic E-state index is 13.1. The smallest absolute Gasteiger partial charge is 0.407 e. The zero-order chi connectivity index (χ0) is 36.5. The molecule has 0 aliphatic rings. The average molecular weight is 678 g/mol. The van der Waals surface area contributed by atoms with Gasteiger partial charge in [0.05, 0.1) is 31.0 Å². The summed E-state index contributed by atoms with van der Waals surface area (Å²) in [6.07, 6.45) is 0.469. The molecular weight excluding hydrogens is 622 g/mol. The molecule has 0 aliphatic heterocycles. The Bertz CT molecular complexity index is 1230. The van der Waals surface area contributed by atoms with Crippen LogP contribution >= 0.6 is 0 Å². The van der Waals surface area contributed by atoms with E-state index in [1.165, 1.54) is 13.8 Å². The van der Waals surface area contributed by atoms with Crippen molar-refractivity contribution in [3.8, 4) is 0 Å². The summed E-state index contributed by atoms with van der Waals surface area (Å²) in [7, 11) is 0. The third-order valence-electron chi connectivity index (χ3n) is 7.21. The van der Waals surface area contributed by atoms with Gasteiger partial charge in [-0.3, -0.25) is 24.0 Å². The lowest BCUT2D eigenvalue weighted by Gasteiger charge is -2.30. The Kier molecular flexibility index (Phi) is 17.8. The van der Waals surface area contributed by atoms with Gasteiger partial charge in [-0.05, 0) is 78.0 Å². The maximum atomic E-state index is 13.1. The van der Waals surface area contributed by atoms with Crippen LogP contribution in [-0.2, 0) is 44.8 Å². The molecule has 1 aromatic carbocycles. The third-order valence-corrected chi connectivity index (χ3v) is 7.21. The van der Waals surface area contributed by atoms with E-state index in [-0.39, 0.29) is 43.1 Å². The number of hydrogen-bond acceptors (Lipinski definition) is 9. The number of benzene rings is 1. The fourth-order valence-corrected chi connectivity index (χ4v) is 4.17. The van der Waals surface area contributed by atoms with Gasteiger partial charge in [0.1, 0.15) is 24.5 Å². The number of ketones is 1. The molecule has 0 saturated carbocycles. The number of ether oxygens (including phenoxy) is 3. The number of hydrogen-bond donors (Lipinski definition) is 5. The second-order valence-electron chi connectivity index (χ2n) is 13.3. The molecule has 270 valence electrons. The fraction of sp³-hybridized carbons (Fsp3) is 0.647. The highest BCUT2D eigenvalue weighted by atomic mass is 16.5. The van der Waals surface area contributed by atoms with Gasteiger partial charge < -0.3 is 40.8 Å². The van der Waals surface area contributed by atoms with E-state index in [1.807, 2.05) is 27.7 Å². The van der Waals surface area contributed by atoms with E-state index in [2.05, 4.69) is 26.6 Å². The van der Waals surface area contributed by atoms with Crippen molar-refractivity contribution in [1.82, 2.24) is 21.3 Å². The number of anilines is 1. The molecule has 0 bridgehead atoms. The summed E-state index contributed by atoms with van der Waals surface area (Å²) in [4.78, 5) is 72.3. The third kappa shape index (κ3) is 18.3. The summed E-state index contributed by atoms with van der Waals surface area (Å²) in [6, 6.07) is 4.86. The number of carbonyl (C=O) groups excluding carboxylic acids is 6. The van der Waals surface area contributed by atoms with Crippen molar-refractivity contribution >= 4 is 41.2 Å². The molecule has 0 fully saturated rings. The molecule has 1 aromatic rings. The van der Waals surface area contributed by atoms with E-state index in [4.69, 9.17) is 14.2 Å². The van der Waals surface area contributed by atoms with E-state index in [0.29, 0.717) is 43.9 Å². The molecule has 5 amide bonds. The van der Waals surface area contributed by atoms with Crippen LogP contribution in [0.2, 0.25) is 0 Å². The number of nitrogens with one attached hydrogen (secondary N) is 5. The molecule has 1 rings (SSSR count). The molecule has 0 radical (unpaired) electrons. The monoisotopic (exact) mass is 677 g/mol. The SMILES string of the molecule is CC(=O)CNC(=O)OCc1ccc(NC(=O)C(C)NC(=O)C(NC(=O)CCC(C)(C)OCCC(C)(C)OCCNC(C)=O)C(C)C)cc1. The first kappa shape index (κ1) is 42.0. The van der Waals surface area contributed by atoms with Crippen LogP contribution in [0.3, 0.4) is 0 Å². The lowest BCUT2D eigenvalue weighted by molar-refractivity contribution is -0.132. The molecule has 14 heteroatoms. The quantitative estimate of drug-likeness (QED) is 0.122. The molecule has 0 heterocycles. The Labute approximate surface area is 284 Å². The van der Waals surface area contributed by atoms with Crippen LogP contribution in [-0.4, -0.2) is 85.1 Å². The van der Waals surface area contributed by atoms with Gasteiger partial charge in [0.15, 0.2) is 0 Å². The van der Waals surface area contributed by atoms with Crippen molar-refractivity contribution in [1.29, 1.82) is 0 Å². The van der Waals surface area contributed by atoms with E-state index in [9.17, 15) is 28.8 Å². The standard InChI is InChI=1S/C34H55N5O9/c1-22(2)29(39-28(42)14-15-33(6,7)47-18-16-34(8,9)48-19-17-35-25(5)41)31(44)37-24(4)30(43)38-27-12-10-26(11-13-27)21-46-32(45)36-20-23(3)40/h10-13,22,24,29H,14-21H2,1-9H3,(H,35,41)(H,36,45)(H,37,44)(H,38,43)(H,39,42). The lowest BCUT2D eigenvalue weighted by Crippen LogP contribution is -2.53. The summed E-state index contributed by atoms with van der Waals surface area (Å²) in [6.45, 7) is 16.8. The van der Waals surface area contributed by atoms with Crippen molar-refractivity contribution in [2.24, 2.45) is 5.92 Å². The molecule has 0 aromatic heterocycles. The van der Waals surface area contributed by atoms with E-state index >= 15 is 0 Å². The minimum absolute atomic E-state index is 0.0198. The zero-order valence-electron chi connectivity index (χ0n) is 29.9. The molecule has 5 N–H and O–H groups in total. The molecule has 0 saturated heterocycles. The van der Waals surface area contributed by atoms with Crippen LogP contribution in [0.25, 0.3) is 0 Å². The van der Waals surface area contributed by atoms with Gasteiger partial charge in [0, 0.05) is 25.6 Å². The van der Waals surface area contributed by atoms with Crippen molar-refractivity contribution in [3.63, 3.8) is 0 Å². The summed E-state index contributed by atoms with van der Waals surface area (Å²) < 4.78 is 16.9. The van der Waals surface area contributed by atoms with E-state index < -0.39 is 41.2 Å². The zero-order valence-corrected chi connectivity index (χ0v) is 29.9. The number of alkyl carbamates (subject to hydrolysis) is 1. The summed E-state index contributed by atoms with van der Waals surface area (Å²) >= 11 is 0. The van der Waals surface area contributed by atoms with Gasteiger partial charge in [0.25, 0.3) is 0 Å². The van der Waals surface area contributed by atoms with Crippen LogP contribution in [0.5, 0.6) is 0 Å². The van der Waals surface area contributed by atoms with Gasteiger partial charge >= 0.3 is 6.09 Å². The number of carbonyl (C=O) groups is 6. The Morgan fingerprint density at radius 1 is 0.771 bits per heavy atom. The minimum atomic E-state index is -0.894. The first-order chi connectivity index (χ1) is 22.3. The highest BCUT2D eigenvalue weighted by Gasteiger charge is 2.29. The first-order valence-electron chi connectivity index (χ1n) is 16.2. The van der Waals surface area contributed by atoms with Crippen molar-refractivity contribution < 1.29 is 43.0 Å². The lowest BCUT2D eigenvalue weighted by atomic mass is 9.99. The number of rotatable bonds is 21. The average Bonchev–Trinajstić information content (AvgIpc) is 2.99. The predicted octanol–water partition coefficient (Wildman–Crippen LogP) is 2.98. The molecule has 0 spiro atoms. The van der Waals surface area contributed by atoms with Gasteiger partial charge in [0.2, 0.25) is 23.6 Å². The van der Waals surface area contributed by atoms with Crippen molar-refractivity contribution in [3.05, 3.63) is 29.8 Å². The van der Waals surface area contributed by atoms with Crippen LogP contribution in [0.15, 0.2) is 24.3 Å². The highest BCUT2D eigenvalue weighted by Crippen LogP contribution is 2.21. The minimum Gasteiger partial charge on any atom is -0.445 e. The molecular formula is C34H55N5O9. The highest BCUT2D eigenvalue weighted by molar-refractivity contribution is 5.98. The Balaban J connectivity index is 2.53. The largest absolute Gasteiger partial charge is 0.445 e. The van der Waals surface area contributed by atoms with Crippen LogP contribution in [0.1, 0.15) is 87.1 Å². The Morgan fingerprint density at radius 3 is 1.96 bits per heavy atom. The van der Waals surface area contributed by atoms with Crippen LogP contribution in [0, 0.1) is 5.92 Å². The molecule has 0 aliphatic carbocycles. The fourth-order valence-electron chi connectivity index (χ4n) is 4.17. The topological polar surface area (TPSA) is 190 Å². The molecule has 2 atom stereocenters. The van der Waals surface area contributed by atoms with Gasteiger partial charge in [-0.15, -0.1) is 0 Å². The van der Waals surface area contributed by atoms with Gasteiger partial charge in [-0.2, -0.15) is 0 Å². The number of amides is 5. The first-order valence-corrected chi connectivity index (χ1v) is 16.2. The Hall–Kier alpha value is -4.04. The van der Waals surface area contributed by atoms with Crippen LogP contribution in [0.4, 0.5) is 10.5 Å². The van der Waals surface area contributed by atoms with Crippen molar-refractivity contribution in [2.75, 3.05) is 31.6 Å².